The molecule has 2 aliphatic rings. The van der Waals surface area contributed by atoms with Crippen LogP contribution in [0.1, 0.15) is 30.0 Å². The summed E-state index contributed by atoms with van der Waals surface area (Å²) in [6.45, 7) is 3.12. The molecular weight excluding hydrogens is 340 g/mol. The fraction of sp³-hybridized carbons (Fsp3) is 0.471. The number of ether oxygens (including phenoxy) is 1. The predicted octanol–water partition coefficient (Wildman–Crippen LogP) is 1.22. The number of sulfonamides is 1. The molecule has 0 aliphatic carbocycles. The lowest BCUT2D eigenvalue weighted by molar-refractivity contribution is 0.263. The molecule has 0 saturated heterocycles. The fourth-order valence-electron chi connectivity index (χ4n) is 3.54. The summed E-state index contributed by atoms with van der Waals surface area (Å²) in [4.78, 5) is 0.284. The maximum Gasteiger partial charge on any atom is 0.244 e. The number of rotatable bonds is 5. The van der Waals surface area contributed by atoms with E-state index in [0.717, 1.165) is 30.8 Å². The molecule has 1 aromatic heterocycles. The minimum Gasteiger partial charge on any atom is -0.493 e. The van der Waals surface area contributed by atoms with Crippen LogP contribution >= 0.6 is 0 Å². The van der Waals surface area contributed by atoms with Crippen LogP contribution in [0.5, 0.6) is 5.75 Å². The van der Waals surface area contributed by atoms with Crippen molar-refractivity contribution in [2.45, 2.75) is 36.7 Å². The van der Waals surface area contributed by atoms with Gasteiger partial charge >= 0.3 is 0 Å². The molecule has 0 bridgehead atoms. The Morgan fingerprint density at radius 3 is 3.16 bits per heavy atom. The third-order valence-corrected chi connectivity index (χ3v) is 6.36. The highest BCUT2D eigenvalue weighted by Gasteiger charge is 2.26. The van der Waals surface area contributed by atoms with Gasteiger partial charge in [-0.25, -0.2) is 13.1 Å². The Bertz CT molecular complexity index is 863. The second-order valence-electron chi connectivity index (χ2n) is 6.41. The molecule has 0 fully saturated rings. The highest BCUT2D eigenvalue weighted by atomic mass is 32.2. The van der Waals surface area contributed by atoms with Crippen molar-refractivity contribution in [1.29, 1.82) is 0 Å². The van der Waals surface area contributed by atoms with Crippen molar-refractivity contribution >= 4 is 10.0 Å². The summed E-state index contributed by atoms with van der Waals surface area (Å²) >= 11 is 0. The Balaban J connectivity index is 1.43. The van der Waals surface area contributed by atoms with E-state index in [9.17, 15) is 8.42 Å². The molecule has 25 heavy (non-hydrogen) atoms. The first-order valence-electron chi connectivity index (χ1n) is 8.62. The first-order chi connectivity index (χ1) is 12.1. The third-order valence-electron chi connectivity index (χ3n) is 4.86. The molecular formula is C17H22N4O3S. The van der Waals surface area contributed by atoms with E-state index in [1.807, 2.05) is 18.2 Å². The number of aromatic nitrogens is 2. The van der Waals surface area contributed by atoms with Crippen LogP contribution in [-0.2, 0) is 23.1 Å². The van der Waals surface area contributed by atoms with Crippen LogP contribution in [0.15, 0.2) is 35.4 Å². The Labute approximate surface area is 147 Å². The minimum absolute atomic E-state index is 0.284. The summed E-state index contributed by atoms with van der Waals surface area (Å²) in [6, 6.07) is 7.99. The molecule has 3 heterocycles. The average molecular weight is 362 g/mol. The number of para-hydroxylation sites is 1. The second-order valence-corrected chi connectivity index (χ2v) is 8.15. The van der Waals surface area contributed by atoms with Gasteiger partial charge in [0.15, 0.2) is 0 Å². The maximum atomic E-state index is 12.6. The number of hydrogen-bond acceptors (Lipinski definition) is 5. The molecule has 8 heteroatoms. The molecule has 0 spiro atoms. The zero-order chi connectivity index (χ0) is 17.3. The van der Waals surface area contributed by atoms with Crippen LogP contribution in [0.4, 0.5) is 0 Å². The van der Waals surface area contributed by atoms with Crippen molar-refractivity contribution in [2.24, 2.45) is 0 Å². The molecule has 0 radical (unpaired) electrons. The molecule has 1 atom stereocenters. The first kappa shape index (κ1) is 16.6. The number of nitrogens with zero attached hydrogens (tertiary/aromatic N) is 2. The molecule has 7 nitrogen and oxygen atoms in total. The van der Waals surface area contributed by atoms with Gasteiger partial charge in [0.2, 0.25) is 10.0 Å². The summed E-state index contributed by atoms with van der Waals surface area (Å²) in [5, 5.41) is 7.38. The summed E-state index contributed by atoms with van der Waals surface area (Å²) in [7, 11) is -3.54. The van der Waals surface area contributed by atoms with Crippen molar-refractivity contribution in [3.8, 4) is 5.75 Å². The normalized spacial score (nSPS) is 19.8. The molecule has 0 amide bonds. The minimum atomic E-state index is -3.54. The number of fused-ring (bicyclic) bond motifs is 2. The smallest absolute Gasteiger partial charge is 0.244 e. The van der Waals surface area contributed by atoms with Gasteiger partial charge in [-0.15, -0.1) is 0 Å². The fourth-order valence-corrected chi connectivity index (χ4v) is 4.76. The molecule has 1 aromatic carbocycles. The van der Waals surface area contributed by atoms with E-state index in [1.54, 1.807) is 4.68 Å². The van der Waals surface area contributed by atoms with E-state index in [0.29, 0.717) is 32.2 Å². The van der Waals surface area contributed by atoms with Crippen molar-refractivity contribution in [3.05, 3.63) is 41.7 Å². The molecule has 2 N–H and O–H groups in total. The van der Waals surface area contributed by atoms with Crippen molar-refractivity contribution < 1.29 is 13.2 Å². The van der Waals surface area contributed by atoms with Crippen molar-refractivity contribution in [1.82, 2.24) is 19.8 Å². The van der Waals surface area contributed by atoms with Crippen LogP contribution in [0, 0.1) is 0 Å². The molecule has 0 saturated carbocycles. The maximum absolute atomic E-state index is 12.6. The molecule has 2 aliphatic heterocycles. The van der Waals surface area contributed by atoms with Crippen LogP contribution < -0.4 is 14.8 Å². The molecule has 2 aromatic rings. The van der Waals surface area contributed by atoms with E-state index >= 15 is 0 Å². The molecule has 134 valence electrons. The Morgan fingerprint density at radius 1 is 1.36 bits per heavy atom. The zero-order valence-corrected chi connectivity index (χ0v) is 14.8. The van der Waals surface area contributed by atoms with Gasteiger partial charge in [-0.3, -0.25) is 4.68 Å². The number of benzene rings is 1. The molecule has 1 unspecified atom stereocenters. The van der Waals surface area contributed by atoms with Gasteiger partial charge in [-0.2, -0.15) is 5.10 Å². The van der Waals surface area contributed by atoms with Crippen LogP contribution in [0.2, 0.25) is 0 Å². The number of hydrogen-bond donors (Lipinski definition) is 2. The highest BCUT2D eigenvalue weighted by molar-refractivity contribution is 7.89. The zero-order valence-electron chi connectivity index (χ0n) is 13.9. The summed E-state index contributed by atoms with van der Waals surface area (Å²) < 4.78 is 35.4. The van der Waals surface area contributed by atoms with E-state index in [4.69, 9.17) is 4.74 Å². The van der Waals surface area contributed by atoms with Gasteiger partial charge in [-0.1, -0.05) is 18.2 Å². The molecule has 4 rings (SSSR count). The Hall–Kier alpha value is -1.90. The topological polar surface area (TPSA) is 85.2 Å². The second kappa shape index (κ2) is 6.78. The van der Waals surface area contributed by atoms with Crippen LogP contribution in [-0.4, -0.2) is 37.9 Å². The summed E-state index contributed by atoms with van der Waals surface area (Å²) in [5.74, 6) is 1.23. The lowest BCUT2D eigenvalue weighted by Gasteiger charge is -2.25. The Morgan fingerprint density at radius 2 is 2.24 bits per heavy atom. The first-order valence-corrected chi connectivity index (χ1v) is 10.1. The predicted molar refractivity (Wildman–Crippen MR) is 93.0 cm³/mol. The SMILES string of the molecule is O=S(=O)(NCCC1CCOc2ccccc21)c1cnn2c1CNCC2. The van der Waals surface area contributed by atoms with Gasteiger partial charge < -0.3 is 10.1 Å². The van der Waals surface area contributed by atoms with Crippen molar-refractivity contribution in [2.75, 3.05) is 19.7 Å². The quantitative estimate of drug-likeness (QED) is 0.835. The third kappa shape index (κ3) is 3.29. The van der Waals surface area contributed by atoms with Crippen LogP contribution in [0.25, 0.3) is 0 Å². The number of nitrogens with one attached hydrogen (secondary N) is 2. The van der Waals surface area contributed by atoms with Gasteiger partial charge in [0.05, 0.1) is 25.0 Å². The average Bonchev–Trinajstić information content (AvgIpc) is 3.07. The lowest BCUT2D eigenvalue weighted by Crippen LogP contribution is -2.32. The van der Waals surface area contributed by atoms with Gasteiger partial charge in [0, 0.05) is 19.6 Å². The van der Waals surface area contributed by atoms with E-state index in [2.05, 4.69) is 21.2 Å². The van der Waals surface area contributed by atoms with Gasteiger partial charge in [0.1, 0.15) is 10.6 Å². The largest absolute Gasteiger partial charge is 0.493 e. The van der Waals surface area contributed by atoms with E-state index < -0.39 is 10.0 Å². The van der Waals surface area contributed by atoms with Gasteiger partial charge in [-0.05, 0) is 30.4 Å². The summed E-state index contributed by atoms with van der Waals surface area (Å²) in [5.41, 5.74) is 1.90. The van der Waals surface area contributed by atoms with E-state index in [-0.39, 0.29) is 4.90 Å². The van der Waals surface area contributed by atoms with Gasteiger partial charge in [0.25, 0.3) is 0 Å². The van der Waals surface area contributed by atoms with Crippen LogP contribution in [0.3, 0.4) is 0 Å². The lowest BCUT2D eigenvalue weighted by atomic mass is 9.90. The standard InChI is InChI=1S/C17H22N4O3S/c22-25(23,17-12-19-21-9-8-18-11-15(17)21)20-7-5-13-6-10-24-16-4-2-1-3-14(13)16/h1-4,12-13,18,20H,5-11H2. The van der Waals surface area contributed by atoms with E-state index in [1.165, 1.54) is 11.8 Å². The summed E-state index contributed by atoms with van der Waals surface area (Å²) in [6.07, 6.45) is 3.11. The Kier molecular flexibility index (Phi) is 4.49. The van der Waals surface area contributed by atoms with Crippen molar-refractivity contribution in [3.63, 3.8) is 0 Å². The monoisotopic (exact) mass is 362 g/mol. The highest BCUT2D eigenvalue weighted by Crippen LogP contribution is 2.35.